The molecule has 4 aliphatic rings. The summed E-state index contributed by atoms with van der Waals surface area (Å²) in [4.78, 5) is 28.8. The highest BCUT2D eigenvalue weighted by molar-refractivity contribution is 5.91. The maximum Gasteiger partial charge on any atom is 0.433 e. The Morgan fingerprint density at radius 2 is 1.97 bits per heavy atom. The Labute approximate surface area is 192 Å². The maximum absolute atomic E-state index is 12.0. The highest BCUT2D eigenvalue weighted by Crippen LogP contribution is 2.66. The number of amides is 1. The van der Waals surface area contributed by atoms with Crippen LogP contribution in [0.2, 0.25) is 0 Å². The molecule has 3 saturated carbocycles. The minimum Gasteiger partial charge on any atom is -0.329 e. The van der Waals surface area contributed by atoms with Gasteiger partial charge in [-0.3, -0.25) is 9.63 Å². The molecule has 1 amide bonds. The predicted molar refractivity (Wildman–Crippen MR) is 124 cm³/mol. The summed E-state index contributed by atoms with van der Waals surface area (Å²) >= 11 is 0. The van der Waals surface area contributed by atoms with Crippen molar-refractivity contribution in [2.24, 2.45) is 45.4 Å². The number of nitrogens with two attached hydrogens (primary N) is 1. The summed E-state index contributed by atoms with van der Waals surface area (Å²) in [5.41, 5.74) is 8.20. The van der Waals surface area contributed by atoms with E-state index in [1.165, 1.54) is 31.3 Å². The molecule has 3 fully saturated rings. The van der Waals surface area contributed by atoms with Crippen LogP contribution in [0.15, 0.2) is 16.8 Å². The van der Waals surface area contributed by atoms with Crippen LogP contribution in [0.5, 0.6) is 0 Å². The first-order chi connectivity index (χ1) is 14.3. The van der Waals surface area contributed by atoms with Crippen LogP contribution in [0.1, 0.15) is 72.1 Å². The third-order valence-electron chi connectivity index (χ3n) is 9.15. The largest absolute Gasteiger partial charge is 0.433 e. The quantitative estimate of drug-likeness (QED) is 0.370. The Kier molecular flexibility index (Phi) is 7.21. The molecule has 0 aliphatic heterocycles. The molecule has 174 valence electrons. The van der Waals surface area contributed by atoms with Crippen LogP contribution in [0.25, 0.3) is 0 Å². The molecule has 0 spiro atoms. The molecule has 6 nitrogen and oxygen atoms in total. The number of nitrogens with one attached hydrogen (secondary N) is 1. The summed E-state index contributed by atoms with van der Waals surface area (Å²) in [7, 11) is 0. The number of carbonyl (C=O) groups excluding carboxylic acids is 2. The van der Waals surface area contributed by atoms with E-state index in [4.69, 9.17) is 10.6 Å². The molecule has 0 radical (unpaired) electrons. The van der Waals surface area contributed by atoms with E-state index in [1.54, 1.807) is 0 Å². The zero-order chi connectivity index (χ0) is 21.5. The van der Waals surface area contributed by atoms with E-state index >= 15 is 0 Å². The smallest absolute Gasteiger partial charge is 0.329 e. The van der Waals surface area contributed by atoms with E-state index in [2.05, 4.69) is 24.3 Å². The Morgan fingerprint density at radius 3 is 2.71 bits per heavy atom. The number of nitrogens with zero attached hydrogens (tertiary/aromatic N) is 1. The lowest BCUT2D eigenvalue weighted by molar-refractivity contribution is -0.117. The van der Waals surface area contributed by atoms with Gasteiger partial charge in [0.05, 0.1) is 5.71 Å². The van der Waals surface area contributed by atoms with Crippen molar-refractivity contribution in [1.29, 1.82) is 0 Å². The molecule has 0 bridgehead atoms. The minimum absolute atomic E-state index is 0. The van der Waals surface area contributed by atoms with Crippen molar-refractivity contribution in [3.63, 3.8) is 0 Å². The van der Waals surface area contributed by atoms with Crippen LogP contribution in [-0.2, 0) is 9.63 Å². The number of fused-ring (bicyclic) bond motifs is 5. The Hall–Kier alpha value is -1.40. The second-order valence-corrected chi connectivity index (χ2v) is 10.5. The number of carbonyl (C=O) groups is 2. The van der Waals surface area contributed by atoms with Crippen LogP contribution in [-0.4, -0.2) is 30.7 Å². The molecule has 3 N–H and O–H groups in total. The van der Waals surface area contributed by atoms with E-state index < -0.39 is 6.09 Å². The van der Waals surface area contributed by atoms with Crippen LogP contribution < -0.4 is 11.1 Å². The SMILES string of the molecule is C/C(=N\OC(=O)NCCN)[C@H]1CC[C@H]2[C@@H]3CCC4=CC(=O)CC[C@]4(C)[C@H]3CC[C@]12C.Cl. The Bertz CT molecular complexity index is 782. The van der Waals surface area contributed by atoms with Gasteiger partial charge in [0.2, 0.25) is 0 Å². The number of allylic oxidation sites excluding steroid dienone is 1. The molecule has 0 heterocycles. The molecule has 6 atom stereocenters. The van der Waals surface area contributed by atoms with Gasteiger partial charge < -0.3 is 11.1 Å². The van der Waals surface area contributed by atoms with Crippen LogP contribution in [0.4, 0.5) is 4.79 Å². The molecule has 0 unspecified atom stereocenters. The number of hydrogen-bond acceptors (Lipinski definition) is 5. The minimum atomic E-state index is -0.533. The van der Waals surface area contributed by atoms with Crippen molar-refractivity contribution in [2.75, 3.05) is 13.1 Å². The second kappa shape index (κ2) is 9.22. The van der Waals surface area contributed by atoms with Gasteiger partial charge in [-0.05, 0) is 86.5 Å². The standard InChI is InChI=1S/C24H37N3O3.ClH/c1-15(27-30-22(29)26-13-12-25)19-6-7-20-18-5-4-16-14-17(28)8-10-23(16,2)21(18)9-11-24(19,20)3;/h14,18-21H,4-13,25H2,1-3H3,(H,26,29);1H/b27-15+;/t18-,19+,20-,21-,23-,24+;/m0./s1. The molecule has 0 aromatic carbocycles. The number of halogens is 1. The summed E-state index contributed by atoms with van der Waals surface area (Å²) < 4.78 is 0. The van der Waals surface area contributed by atoms with E-state index in [-0.39, 0.29) is 23.2 Å². The zero-order valence-electron chi connectivity index (χ0n) is 19.1. The van der Waals surface area contributed by atoms with Crippen molar-refractivity contribution in [3.05, 3.63) is 11.6 Å². The van der Waals surface area contributed by atoms with Gasteiger partial charge in [0.25, 0.3) is 0 Å². The fraction of sp³-hybridized carbons (Fsp3) is 0.792. The molecule has 0 aromatic rings. The molecule has 0 saturated heterocycles. The summed E-state index contributed by atoms with van der Waals surface area (Å²) in [5.74, 6) is 2.80. The summed E-state index contributed by atoms with van der Waals surface area (Å²) in [6, 6.07) is 0. The molecule has 4 aliphatic carbocycles. The van der Waals surface area contributed by atoms with Gasteiger partial charge in [0, 0.05) is 25.4 Å². The lowest BCUT2D eigenvalue weighted by Gasteiger charge is -2.58. The molecular weight excluding hydrogens is 414 g/mol. The van der Waals surface area contributed by atoms with Gasteiger partial charge in [-0.2, -0.15) is 0 Å². The van der Waals surface area contributed by atoms with Crippen LogP contribution in [0, 0.1) is 34.5 Å². The Balaban J connectivity index is 0.00000272. The zero-order valence-corrected chi connectivity index (χ0v) is 19.9. The normalized spacial score (nSPS) is 39.4. The molecule has 0 aromatic heterocycles. The average Bonchev–Trinajstić information content (AvgIpc) is 3.08. The summed E-state index contributed by atoms with van der Waals surface area (Å²) in [5, 5.41) is 6.80. The third-order valence-corrected chi connectivity index (χ3v) is 9.15. The average molecular weight is 452 g/mol. The number of oxime groups is 1. The van der Waals surface area contributed by atoms with Crippen molar-refractivity contribution in [3.8, 4) is 0 Å². The lowest BCUT2D eigenvalue weighted by atomic mass is 9.46. The second-order valence-electron chi connectivity index (χ2n) is 10.5. The van der Waals surface area contributed by atoms with Gasteiger partial charge in [-0.25, -0.2) is 4.79 Å². The van der Waals surface area contributed by atoms with Crippen molar-refractivity contribution in [1.82, 2.24) is 5.32 Å². The highest BCUT2D eigenvalue weighted by Gasteiger charge is 2.59. The number of hydrogen-bond donors (Lipinski definition) is 2. The van der Waals surface area contributed by atoms with Gasteiger partial charge >= 0.3 is 6.09 Å². The molecular formula is C24H38ClN3O3. The monoisotopic (exact) mass is 451 g/mol. The van der Waals surface area contributed by atoms with Crippen molar-refractivity contribution < 1.29 is 14.4 Å². The van der Waals surface area contributed by atoms with Gasteiger partial charge in [-0.1, -0.05) is 24.6 Å². The van der Waals surface area contributed by atoms with E-state index in [0.717, 1.165) is 30.9 Å². The van der Waals surface area contributed by atoms with Gasteiger partial charge in [0.15, 0.2) is 5.78 Å². The molecule has 7 heteroatoms. The van der Waals surface area contributed by atoms with Gasteiger partial charge in [-0.15, -0.1) is 12.4 Å². The number of rotatable bonds is 4. The molecule has 4 rings (SSSR count). The van der Waals surface area contributed by atoms with E-state index in [9.17, 15) is 9.59 Å². The fourth-order valence-electron chi connectivity index (χ4n) is 7.63. The topological polar surface area (TPSA) is 93.8 Å². The van der Waals surface area contributed by atoms with Gasteiger partial charge in [0.1, 0.15) is 0 Å². The maximum atomic E-state index is 12.0. The van der Waals surface area contributed by atoms with E-state index in [1.807, 2.05) is 13.0 Å². The van der Waals surface area contributed by atoms with E-state index in [0.29, 0.717) is 43.0 Å². The van der Waals surface area contributed by atoms with Crippen LogP contribution in [0.3, 0.4) is 0 Å². The number of ketones is 1. The predicted octanol–water partition coefficient (Wildman–Crippen LogP) is 4.62. The molecule has 31 heavy (non-hydrogen) atoms. The summed E-state index contributed by atoms with van der Waals surface area (Å²) in [6.07, 6.45) is 10.2. The summed E-state index contributed by atoms with van der Waals surface area (Å²) in [6.45, 7) is 7.65. The van der Waals surface area contributed by atoms with Crippen molar-refractivity contribution >= 4 is 30.0 Å². The first-order valence-electron chi connectivity index (χ1n) is 11.7. The highest BCUT2D eigenvalue weighted by atomic mass is 35.5. The third kappa shape index (κ3) is 4.18. The first kappa shape index (κ1) is 24.2. The fourth-order valence-corrected chi connectivity index (χ4v) is 7.63. The first-order valence-corrected chi connectivity index (χ1v) is 11.7. The Morgan fingerprint density at radius 1 is 1.19 bits per heavy atom. The van der Waals surface area contributed by atoms with Crippen molar-refractivity contribution in [2.45, 2.75) is 72.1 Å². The lowest BCUT2D eigenvalue weighted by Crippen LogP contribution is -2.51. The van der Waals surface area contributed by atoms with Crippen LogP contribution >= 0.6 is 12.4 Å².